The molecule has 230 valence electrons. The van der Waals surface area contributed by atoms with Gasteiger partial charge in [-0.2, -0.15) is 0 Å². The average Bonchev–Trinajstić information content (AvgIpc) is 3.03. The highest BCUT2D eigenvalue weighted by Crippen LogP contribution is 2.27. The minimum Gasteiger partial charge on any atom is -0.354 e. The second-order valence-corrected chi connectivity index (χ2v) is 13.0. The molecule has 0 spiro atoms. The van der Waals surface area contributed by atoms with E-state index in [9.17, 15) is 18.0 Å². The van der Waals surface area contributed by atoms with Gasteiger partial charge < -0.3 is 10.2 Å². The van der Waals surface area contributed by atoms with E-state index < -0.39 is 28.5 Å². The number of benzene rings is 4. The molecule has 0 heterocycles. The number of carbonyl (C=O) groups is 2. The van der Waals surface area contributed by atoms with Gasteiger partial charge in [0.2, 0.25) is 11.8 Å². The summed E-state index contributed by atoms with van der Waals surface area (Å²) in [5, 5.41) is 3.83. The fraction of sp³-hybridized carbons (Fsp3) is 0.235. The Morgan fingerprint density at radius 1 is 0.818 bits per heavy atom. The van der Waals surface area contributed by atoms with Crippen LogP contribution in [0.3, 0.4) is 0 Å². The van der Waals surface area contributed by atoms with E-state index in [0.717, 1.165) is 22.7 Å². The summed E-state index contributed by atoms with van der Waals surface area (Å²) >= 11 is 12.6. The fourth-order valence-corrected chi connectivity index (χ4v) is 6.48. The SMILES string of the molecule is CCCCNC(=O)[C@H](Cc1ccccc1)N(Cc1ccccc1Cl)C(=O)CN(c1ccc(Cl)cc1)S(=O)(=O)c1ccccc1. The number of hydrogen-bond donors (Lipinski definition) is 1. The Morgan fingerprint density at radius 2 is 1.43 bits per heavy atom. The monoisotopic (exact) mass is 651 g/mol. The lowest BCUT2D eigenvalue weighted by molar-refractivity contribution is -0.140. The quantitative estimate of drug-likeness (QED) is 0.153. The fourth-order valence-electron chi connectivity index (χ4n) is 4.73. The summed E-state index contributed by atoms with van der Waals surface area (Å²) in [4.78, 5) is 29.7. The molecule has 0 unspecified atom stereocenters. The van der Waals surface area contributed by atoms with Crippen molar-refractivity contribution in [3.8, 4) is 0 Å². The molecule has 4 aromatic carbocycles. The Kier molecular flexibility index (Phi) is 11.8. The third-order valence-electron chi connectivity index (χ3n) is 7.12. The Balaban J connectivity index is 1.78. The predicted molar refractivity (Wildman–Crippen MR) is 176 cm³/mol. The molecule has 44 heavy (non-hydrogen) atoms. The molecule has 0 aromatic heterocycles. The number of anilines is 1. The molecule has 0 fully saturated rings. The molecule has 2 amide bonds. The van der Waals surface area contributed by atoms with Crippen molar-refractivity contribution in [2.24, 2.45) is 0 Å². The van der Waals surface area contributed by atoms with Crippen LogP contribution >= 0.6 is 23.2 Å². The minimum atomic E-state index is -4.18. The van der Waals surface area contributed by atoms with Crippen molar-refractivity contribution >= 4 is 50.7 Å². The highest BCUT2D eigenvalue weighted by molar-refractivity contribution is 7.92. The first kappa shape index (κ1) is 33.1. The second kappa shape index (κ2) is 15.7. The molecule has 1 atom stereocenters. The van der Waals surface area contributed by atoms with Gasteiger partial charge in [0.15, 0.2) is 0 Å². The van der Waals surface area contributed by atoms with Gasteiger partial charge in [-0.25, -0.2) is 8.42 Å². The van der Waals surface area contributed by atoms with E-state index in [2.05, 4.69) is 5.32 Å². The van der Waals surface area contributed by atoms with Crippen molar-refractivity contribution in [3.63, 3.8) is 0 Å². The van der Waals surface area contributed by atoms with Crippen molar-refractivity contribution in [2.45, 2.75) is 43.7 Å². The van der Waals surface area contributed by atoms with Crippen LogP contribution in [0.5, 0.6) is 0 Å². The first-order valence-corrected chi connectivity index (χ1v) is 16.6. The Labute approximate surface area is 269 Å². The van der Waals surface area contributed by atoms with Gasteiger partial charge >= 0.3 is 0 Å². The van der Waals surface area contributed by atoms with E-state index in [1.807, 2.05) is 37.3 Å². The summed E-state index contributed by atoms with van der Waals surface area (Å²) < 4.78 is 29.0. The maximum Gasteiger partial charge on any atom is 0.264 e. The van der Waals surface area contributed by atoms with Crippen LogP contribution in [0.15, 0.2) is 114 Å². The molecule has 0 aliphatic carbocycles. The molecular formula is C34H35Cl2N3O4S. The number of hydrogen-bond acceptors (Lipinski definition) is 4. The van der Waals surface area contributed by atoms with Gasteiger partial charge in [-0.05, 0) is 60.0 Å². The van der Waals surface area contributed by atoms with Crippen molar-refractivity contribution in [1.29, 1.82) is 0 Å². The van der Waals surface area contributed by atoms with Gasteiger partial charge in [-0.15, -0.1) is 0 Å². The topological polar surface area (TPSA) is 86.8 Å². The molecule has 10 heteroatoms. The first-order chi connectivity index (χ1) is 21.2. The number of nitrogens with one attached hydrogen (secondary N) is 1. The average molecular weight is 653 g/mol. The lowest BCUT2D eigenvalue weighted by Crippen LogP contribution is -2.53. The molecule has 0 aliphatic heterocycles. The van der Waals surface area contributed by atoms with Crippen LogP contribution in [0.2, 0.25) is 10.0 Å². The standard InChI is InChI=1S/C34H35Cl2N3O4S/c1-2-3-22-37-34(41)32(23-26-12-6-4-7-13-26)38(24-27-14-10-11-17-31(27)36)33(40)25-39(29-20-18-28(35)19-21-29)44(42,43)30-15-8-5-9-16-30/h4-21,32H,2-3,22-25H2,1H3,(H,37,41)/t32-/m0/s1. The smallest absolute Gasteiger partial charge is 0.264 e. The maximum absolute atomic E-state index is 14.4. The predicted octanol–water partition coefficient (Wildman–Crippen LogP) is 6.75. The number of rotatable bonds is 14. The Bertz CT molecular complexity index is 1640. The van der Waals surface area contributed by atoms with Crippen LogP contribution in [0.1, 0.15) is 30.9 Å². The van der Waals surface area contributed by atoms with E-state index in [1.165, 1.54) is 17.0 Å². The summed E-state index contributed by atoms with van der Waals surface area (Å²) in [6, 6.07) is 29.7. The first-order valence-electron chi connectivity index (χ1n) is 14.4. The zero-order valence-electron chi connectivity index (χ0n) is 24.4. The molecule has 0 radical (unpaired) electrons. The van der Waals surface area contributed by atoms with Crippen LogP contribution in [0, 0.1) is 0 Å². The van der Waals surface area contributed by atoms with Gasteiger partial charge in [-0.1, -0.05) is 103 Å². The molecule has 0 saturated carbocycles. The Hall–Kier alpha value is -3.85. The van der Waals surface area contributed by atoms with Crippen LogP contribution < -0.4 is 9.62 Å². The van der Waals surface area contributed by atoms with E-state index in [4.69, 9.17) is 23.2 Å². The maximum atomic E-state index is 14.4. The largest absolute Gasteiger partial charge is 0.354 e. The normalized spacial score (nSPS) is 11.9. The summed E-state index contributed by atoms with van der Waals surface area (Å²) in [6.45, 7) is 1.92. The third-order valence-corrected chi connectivity index (χ3v) is 9.53. The van der Waals surface area contributed by atoms with Gasteiger partial charge in [-0.3, -0.25) is 13.9 Å². The molecule has 4 rings (SSSR count). The zero-order valence-corrected chi connectivity index (χ0v) is 26.7. The van der Waals surface area contributed by atoms with E-state index in [-0.39, 0.29) is 29.5 Å². The van der Waals surface area contributed by atoms with Crippen molar-refractivity contribution < 1.29 is 18.0 Å². The Morgan fingerprint density at radius 3 is 2.07 bits per heavy atom. The number of unbranched alkanes of at least 4 members (excludes halogenated alkanes) is 1. The highest BCUT2D eigenvalue weighted by atomic mass is 35.5. The van der Waals surface area contributed by atoms with Crippen LogP contribution in [0.25, 0.3) is 0 Å². The highest BCUT2D eigenvalue weighted by Gasteiger charge is 2.34. The lowest BCUT2D eigenvalue weighted by Gasteiger charge is -2.34. The van der Waals surface area contributed by atoms with Crippen LogP contribution in [-0.4, -0.2) is 44.3 Å². The second-order valence-electron chi connectivity index (χ2n) is 10.3. The summed E-state index contributed by atoms with van der Waals surface area (Å²) in [6.07, 6.45) is 1.89. The van der Waals surface area contributed by atoms with Crippen molar-refractivity contribution in [3.05, 3.63) is 130 Å². The molecule has 1 N–H and O–H groups in total. The number of nitrogens with zero attached hydrogens (tertiary/aromatic N) is 2. The molecule has 0 aliphatic rings. The number of halogens is 2. The van der Waals surface area contributed by atoms with E-state index in [0.29, 0.717) is 22.2 Å². The summed E-state index contributed by atoms with van der Waals surface area (Å²) in [5.74, 6) is -0.891. The number of carbonyl (C=O) groups excluding carboxylic acids is 2. The van der Waals surface area contributed by atoms with E-state index >= 15 is 0 Å². The van der Waals surface area contributed by atoms with Gasteiger partial charge in [0.25, 0.3) is 10.0 Å². The minimum absolute atomic E-state index is 0.00293. The molecular weight excluding hydrogens is 617 g/mol. The third kappa shape index (κ3) is 8.62. The molecule has 0 saturated heterocycles. The lowest BCUT2D eigenvalue weighted by atomic mass is 10.0. The number of sulfonamides is 1. The van der Waals surface area contributed by atoms with Gasteiger partial charge in [0, 0.05) is 29.6 Å². The van der Waals surface area contributed by atoms with Crippen molar-refractivity contribution in [2.75, 3.05) is 17.4 Å². The van der Waals surface area contributed by atoms with Crippen LogP contribution in [0.4, 0.5) is 5.69 Å². The summed E-state index contributed by atoms with van der Waals surface area (Å²) in [7, 11) is -4.18. The zero-order chi connectivity index (χ0) is 31.5. The molecule has 7 nitrogen and oxygen atoms in total. The van der Waals surface area contributed by atoms with Crippen molar-refractivity contribution in [1.82, 2.24) is 10.2 Å². The van der Waals surface area contributed by atoms with Gasteiger partial charge in [0.05, 0.1) is 10.6 Å². The van der Waals surface area contributed by atoms with Crippen LogP contribution in [-0.2, 0) is 32.6 Å². The summed E-state index contributed by atoms with van der Waals surface area (Å²) in [5.41, 5.74) is 1.74. The molecule has 4 aromatic rings. The van der Waals surface area contributed by atoms with E-state index in [1.54, 1.807) is 66.7 Å². The molecule has 0 bridgehead atoms. The van der Waals surface area contributed by atoms with Gasteiger partial charge in [0.1, 0.15) is 12.6 Å². The number of amides is 2.